The topological polar surface area (TPSA) is 93.5 Å². The van der Waals surface area contributed by atoms with Crippen LogP contribution in [0.5, 0.6) is 5.75 Å². The number of hydrogen-bond acceptors (Lipinski definition) is 5. The van der Waals surface area contributed by atoms with Crippen molar-refractivity contribution in [3.63, 3.8) is 0 Å². The number of non-ortho nitro benzene ring substituents is 1. The SMILES string of the molecule is Cc1cc(OC(C)C(=O)NCCNc2ccc([N+](=O)[O-])cc2)ccc1Cl. The summed E-state index contributed by atoms with van der Waals surface area (Å²) < 4.78 is 5.61. The van der Waals surface area contributed by atoms with Crippen molar-refractivity contribution in [2.75, 3.05) is 18.4 Å². The second-order valence-corrected chi connectivity index (χ2v) is 6.10. The van der Waals surface area contributed by atoms with Crippen molar-refractivity contribution in [1.82, 2.24) is 5.32 Å². The zero-order valence-corrected chi connectivity index (χ0v) is 15.2. The van der Waals surface area contributed by atoms with Crippen LogP contribution in [-0.2, 0) is 4.79 Å². The van der Waals surface area contributed by atoms with E-state index in [-0.39, 0.29) is 11.6 Å². The molecule has 2 aromatic rings. The van der Waals surface area contributed by atoms with Crippen LogP contribution in [-0.4, -0.2) is 30.0 Å². The molecule has 26 heavy (non-hydrogen) atoms. The molecule has 8 heteroatoms. The van der Waals surface area contributed by atoms with Crippen LogP contribution < -0.4 is 15.4 Å². The van der Waals surface area contributed by atoms with Crippen molar-refractivity contribution < 1.29 is 14.5 Å². The smallest absolute Gasteiger partial charge is 0.269 e. The van der Waals surface area contributed by atoms with Crippen molar-refractivity contribution in [3.8, 4) is 5.75 Å². The van der Waals surface area contributed by atoms with Crippen molar-refractivity contribution in [2.45, 2.75) is 20.0 Å². The Bertz CT molecular complexity index is 781. The first-order valence-electron chi connectivity index (χ1n) is 8.05. The summed E-state index contributed by atoms with van der Waals surface area (Å²) in [5.41, 5.74) is 1.65. The summed E-state index contributed by atoms with van der Waals surface area (Å²) in [6.07, 6.45) is -0.644. The van der Waals surface area contributed by atoms with Gasteiger partial charge in [0.1, 0.15) is 5.75 Å². The van der Waals surface area contributed by atoms with E-state index in [0.29, 0.717) is 23.9 Å². The van der Waals surface area contributed by atoms with E-state index in [9.17, 15) is 14.9 Å². The van der Waals surface area contributed by atoms with E-state index in [4.69, 9.17) is 16.3 Å². The predicted octanol–water partition coefficient (Wildman–Crippen LogP) is 3.55. The molecule has 0 aromatic heterocycles. The number of nitro benzene ring substituents is 1. The highest BCUT2D eigenvalue weighted by molar-refractivity contribution is 6.31. The van der Waals surface area contributed by atoms with Crippen LogP contribution in [0.1, 0.15) is 12.5 Å². The standard InChI is InChI=1S/C18H20ClN3O4/c1-12-11-16(7-8-17(12)19)26-13(2)18(23)21-10-9-20-14-3-5-15(6-4-14)22(24)25/h3-8,11,13,20H,9-10H2,1-2H3,(H,21,23). The quantitative estimate of drug-likeness (QED) is 0.417. The summed E-state index contributed by atoms with van der Waals surface area (Å²) in [5.74, 6) is 0.349. The zero-order valence-electron chi connectivity index (χ0n) is 14.5. The Morgan fingerprint density at radius 1 is 1.23 bits per heavy atom. The van der Waals surface area contributed by atoms with Crippen molar-refractivity contribution >= 4 is 28.9 Å². The van der Waals surface area contributed by atoms with Gasteiger partial charge in [-0.05, 0) is 49.7 Å². The number of carbonyl (C=O) groups is 1. The minimum atomic E-state index is -0.644. The molecule has 1 atom stereocenters. The van der Waals surface area contributed by atoms with Gasteiger partial charge >= 0.3 is 0 Å². The molecule has 0 saturated carbocycles. The Hall–Kier alpha value is -2.80. The molecule has 0 radical (unpaired) electrons. The van der Waals surface area contributed by atoms with Gasteiger partial charge in [-0.15, -0.1) is 0 Å². The molecule has 0 bridgehead atoms. The van der Waals surface area contributed by atoms with Gasteiger partial charge in [-0.3, -0.25) is 14.9 Å². The third kappa shape index (κ3) is 5.63. The Labute approximate surface area is 156 Å². The molecule has 0 fully saturated rings. The number of nitrogens with zero attached hydrogens (tertiary/aromatic N) is 1. The molecular formula is C18H20ClN3O4. The monoisotopic (exact) mass is 377 g/mol. The van der Waals surface area contributed by atoms with Crippen molar-refractivity contribution in [3.05, 3.63) is 63.2 Å². The highest BCUT2D eigenvalue weighted by Gasteiger charge is 2.14. The van der Waals surface area contributed by atoms with Gasteiger partial charge in [-0.2, -0.15) is 0 Å². The van der Waals surface area contributed by atoms with Gasteiger partial charge in [0, 0.05) is 35.9 Å². The molecule has 1 unspecified atom stereocenters. The number of nitrogens with one attached hydrogen (secondary N) is 2. The Morgan fingerprint density at radius 2 is 1.92 bits per heavy atom. The van der Waals surface area contributed by atoms with E-state index in [1.165, 1.54) is 12.1 Å². The van der Waals surface area contributed by atoms with E-state index in [1.807, 2.05) is 6.92 Å². The molecule has 0 heterocycles. The molecule has 2 aromatic carbocycles. The average molecular weight is 378 g/mol. The summed E-state index contributed by atoms with van der Waals surface area (Å²) in [5, 5.41) is 17.1. The van der Waals surface area contributed by atoms with E-state index < -0.39 is 11.0 Å². The number of carbonyl (C=O) groups excluding carboxylic acids is 1. The molecule has 2 N–H and O–H groups in total. The van der Waals surface area contributed by atoms with E-state index >= 15 is 0 Å². The highest BCUT2D eigenvalue weighted by Crippen LogP contribution is 2.21. The van der Waals surface area contributed by atoms with Crippen LogP contribution in [0.4, 0.5) is 11.4 Å². The van der Waals surface area contributed by atoms with E-state index in [0.717, 1.165) is 11.3 Å². The van der Waals surface area contributed by atoms with Crippen LogP contribution in [0.2, 0.25) is 5.02 Å². The first kappa shape index (κ1) is 19.5. The van der Waals surface area contributed by atoms with Gasteiger partial charge in [-0.25, -0.2) is 0 Å². The van der Waals surface area contributed by atoms with Gasteiger partial charge in [0.15, 0.2) is 6.10 Å². The minimum Gasteiger partial charge on any atom is -0.481 e. The molecule has 0 spiro atoms. The number of aryl methyl sites for hydroxylation is 1. The first-order valence-corrected chi connectivity index (χ1v) is 8.43. The molecule has 138 valence electrons. The Kier molecular flexibility index (Phi) is 6.80. The molecule has 2 rings (SSSR count). The number of hydrogen-bond donors (Lipinski definition) is 2. The zero-order chi connectivity index (χ0) is 19.1. The van der Waals surface area contributed by atoms with Gasteiger partial charge in [-0.1, -0.05) is 11.6 Å². The average Bonchev–Trinajstić information content (AvgIpc) is 2.62. The van der Waals surface area contributed by atoms with Gasteiger partial charge in [0.25, 0.3) is 11.6 Å². The number of amides is 1. The largest absolute Gasteiger partial charge is 0.481 e. The minimum absolute atomic E-state index is 0.0345. The number of ether oxygens (including phenoxy) is 1. The van der Waals surface area contributed by atoms with Crippen LogP contribution >= 0.6 is 11.6 Å². The normalized spacial score (nSPS) is 11.5. The number of rotatable bonds is 8. The van der Waals surface area contributed by atoms with Gasteiger partial charge in [0.2, 0.25) is 0 Å². The summed E-state index contributed by atoms with van der Waals surface area (Å²) in [6, 6.07) is 11.3. The molecular weight excluding hydrogens is 358 g/mol. The summed E-state index contributed by atoms with van der Waals surface area (Å²) >= 11 is 5.96. The second-order valence-electron chi connectivity index (χ2n) is 5.69. The molecule has 7 nitrogen and oxygen atoms in total. The van der Waals surface area contributed by atoms with Crippen molar-refractivity contribution in [1.29, 1.82) is 0 Å². The molecule has 0 aliphatic rings. The lowest BCUT2D eigenvalue weighted by Gasteiger charge is -2.15. The Morgan fingerprint density at radius 3 is 2.54 bits per heavy atom. The molecule has 0 aliphatic heterocycles. The van der Waals surface area contributed by atoms with Crippen LogP contribution in [0, 0.1) is 17.0 Å². The van der Waals surface area contributed by atoms with Crippen LogP contribution in [0.15, 0.2) is 42.5 Å². The lowest BCUT2D eigenvalue weighted by molar-refractivity contribution is -0.384. The number of anilines is 1. The Balaban J connectivity index is 1.73. The van der Waals surface area contributed by atoms with Gasteiger partial charge < -0.3 is 15.4 Å². The highest BCUT2D eigenvalue weighted by atomic mass is 35.5. The van der Waals surface area contributed by atoms with E-state index in [1.54, 1.807) is 37.3 Å². The van der Waals surface area contributed by atoms with Crippen LogP contribution in [0.3, 0.4) is 0 Å². The third-order valence-corrected chi connectivity index (χ3v) is 4.07. The lowest BCUT2D eigenvalue weighted by Crippen LogP contribution is -2.38. The molecule has 1 amide bonds. The molecule has 0 saturated heterocycles. The summed E-state index contributed by atoms with van der Waals surface area (Å²) in [7, 11) is 0. The number of benzene rings is 2. The third-order valence-electron chi connectivity index (χ3n) is 3.64. The lowest BCUT2D eigenvalue weighted by atomic mass is 10.2. The predicted molar refractivity (Wildman–Crippen MR) is 101 cm³/mol. The maximum absolute atomic E-state index is 12.1. The maximum atomic E-state index is 12.1. The number of halogens is 1. The number of nitro groups is 1. The van der Waals surface area contributed by atoms with Crippen molar-refractivity contribution in [2.24, 2.45) is 0 Å². The molecule has 0 aliphatic carbocycles. The fourth-order valence-electron chi connectivity index (χ4n) is 2.19. The summed E-state index contributed by atoms with van der Waals surface area (Å²) in [4.78, 5) is 22.2. The fraction of sp³-hybridized carbons (Fsp3) is 0.278. The first-order chi connectivity index (χ1) is 12.4. The van der Waals surface area contributed by atoms with Gasteiger partial charge in [0.05, 0.1) is 4.92 Å². The fourth-order valence-corrected chi connectivity index (χ4v) is 2.30. The second kappa shape index (κ2) is 9.05. The maximum Gasteiger partial charge on any atom is 0.269 e. The van der Waals surface area contributed by atoms with Crippen LogP contribution in [0.25, 0.3) is 0 Å². The van der Waals surface area contributed by atoms with E-state index in [2.05, 4.69) is 10.6 Å². The summed E-state index contributed by atoms with van der Waals surface area (Å²) in [6.45, 7) is 4.41.